The molecule has 2 N–H and O–H groups in total. The minimum absolute atomic E-state index is 0.0388. The number of ether oxygens (including phenoxy) is 1. The number of aromatic amines is 1. The third-order valence-electron chi connectivity index (χ3n) is 2.64. The molecule has 0 spiro atoms. The molecule has 0 atom stereocenters. The molecule has 0 saturated heterocycles. The van der Waals surface area contributed by atoms with E-state index in [1.54, 1.807) is 30.5 Å². The van der Waals surface area contributed by atoms with E-state index in [9.17, 15) is 14.0 Å². The van der Waals surface area contributed by atoms with Crippen molar-refractivity contribution in [1.29, 1.82) is 0 Å². The number of hydrogen-bond donors (Lipinski definition) is 2. The van der Waals surface area contributed by atoms with Gasteiger partial charge in [-0.05, 0) is 28.1 Å². The number of H-pyrrole nitrogens is 1. The number of carbonyl (C=O) groups excluding carboxylic acids is 2. The number of nitrogens with one attached hydrogen (secondary N) is 2. The molecule has 2 rings (SSSR count). The Balaban J connectivity index is 1.78. The average molecular weight is 355 g/mol. The molecule has 1 amide bonds. The summed E-state index contributed by atoms with van der Waals surface area (Å²) in [5, 5.41) is 2.48. The van der Waals surface area contributed by atoms with E-state index in [1.807, 2.05) is 0 Å². The first-order chi connectivity index (χ1) is 10.1. The van der Waals surface area contributed by atoms with E-state index in [4.69, 9.17) is 4.74 Å². The first-order valence-corrected chi connectivity index (χ1v) is 6.86. The Hall–Kier alpha value is -2.15. The molecular formula is C14H12BrFN2O3. The highest BCUT2D eigenvalue weighted by Gasteiger charge is 2.12. The Morgan fingerprint density at radius 3 is 2.76 bits per heavy atom. The molecule has 1 aromatic heterocycles. The lowest BCUT2D eigenvalue weighted by Gasteiger charge is -2.06. The Labute approximate surface area is 128 Å². The van der Waals surface area contributed by atoms with Crippen LogP contribution in [0.3, 0.4) is 0 Å². The Morgan fingerprint density at radius 2 is 2.10 bits per heavy atom. The van der Waals surface area contributed by atoms with Crippen LogP contribution in [-0.2, 0) is 16.1 Å². The minimum Gasteiger partial charge on any atom is -0.451 e. The van der Waals surface area contributed by atoms with Gasteiger partial charge >= 0.3 is 5.97 Å². The van der Waals surface area contributed by atoms with E-state index in [0.717, 1.165) is 0 Å². The fourth-order valence-corrected chi connectivity index (χ4v) is 1.92. The van der Waals surface area contributed by atoms with Gasteiger partial charge in [0.2, 0.25) is 0 Å². The zero-order valence-corrected chi connectivity index (χ0v) is 12.4. The lowest BCUT2D eigenvalue weighted by atomic mass is 10.2. The van der Waals surface area contributed by atoms with Crippen molar-refractivity contribution in [3.8, 4) is 0 Å². The number of aromatic nitrogens is 1. The zero-order chi connectivity index (χ0) is 15.2. The summed E-state index contributed by atoms with van der Waals surface area (Å²) in [5.41, 5.74) is 0.606. The Kier molecular flexibility index (Phi) is 5.10. The third-order valence-corrected chi connectivity index (χ3v) is 3.09. The summed E-state index contributed by atoms with van der Waals surface area (Å²) in [6.07, 6.45) is 1.58. The number of amides is 1. The van der Waals surface area contributed by atoms with Gasteiger partial charge in [-0.1, -0.05) is 18.2 Å². The molecule has 21 heavy (non-hydrogen) atoms. The minimum atomic E-state index is -0.637. The molecule has 1 heterocycles. The van der Waals surface area contributed by atoms with Crippen LogP contribution in [0.4, 0.5) is 4.39 Å². The van der Waals surface area contributed by atoms with Gasteiger partial charge in [-0.15, -0.1) is 0 Å². The molecule has 0 unspecified atom stereocenters. The number of carbonyl (C=O) groups is 2. The predicted molar refractivity (Wildman–Crippen MR) is 77.0 cm³/mol. The van der Waals surface area contributed by atoms with Gasteiger partial charge in [-0.25, -0.2) is 9.18 Å². The van der Waals surface area contributed by atoms with Crippen molar-refractivity contribution >= 4 is 27.8 Å². The highest BCUT2D eigenvalue weighted by atomic mass is 79.9. The van der Waals surface area contributed by atoms with E-state index in [2.05, 4.69) is 26.2 Å². The van der Waals surface area contributed by atoms with Crippen LogP contribution in [0.2, 0.25) is 0 Å². The summed E-state index contributed by atoms with van der Waals surface area (Å²) in [7, 11) is 0. The van der Waals surface area contributed by atoms with Crippen molar-refractivity contribution in [3.05, 3.63) is 58.1 Å². The average Bonchev–Trinajstić information content (AvgIpc) is 2.90. The van der Waals surface area contributed by atoms with Gasteiger partial charge in [0.15, 0.2) is 6.61 Å². The van der Waals surface area contributed by atoms with E-state index in [-0.39, 0.29) is 12.2 Å². The molecule has 0 aliphatic rings. The van der Waals surface area contributed by atoms with Crippen LogP contribution in [0, 0.1) is 5.82 Å². The van der Waals surface area contributed by atoms with E-state index in [0.29, 0.717) is 10.0 Å². The standard InChI is InChI=1S/C14H12BrFN2O3/c15-10-5-12(17-7-10)14(20)21-8-13(19)18-6-9-3-1-2-4-11(9)16/h1-5,7,17H,6,8H2,(H,18,19). The van der Waals surface area contributed by atoms with Crippen LogP contribution < -0.4 is 5.32 Å². The smallest absolute Gasteiger partial charge is 0.355 e. The summed E-state index contributed by atoms with van der Waals surface area (Å²) >= 11 is 3.18. The number of halogens is 2. The number of rotatable bonds is 5. The van der Waals surface area contributed by atoms with Crippen molar-refractivity contribution in [2.24, 2.45) is 0 Å². The van der Waals surface area contributed by atoms with Gasteiger partial charge in [0.05, 0.1) is 0 Å². The van der Waals surface area contributed by atoms with Gasteiger partial charge in [-0.2, -0.15) is 0 Å². The number of benzene rings is 1. The molecule has 0 aliphatic heterocycles. The van der Waals surface area contributed by atoms with Crippen molar-refractivity contribution in [3.63, 3.8) is 0 Å². The molecule has 1 aromatic carbocycles. The third kappa shape index (κ3) is 4.42. The monoisotopic (exact) mass is 354 g/mol. The molecular weight excluding hydrogens is 343 g/mol. The van der Waals surface area contributed by atoms with Gasteiger partial charge in [0.25, 0.3) is 5.91 Å². The molecule has 0 saturated carbocycles. The van der Waals surface area contributed by atoms with Crippen LogP contribution in [0.25, 0.3) is 0 Å². The van der Waals surface area contributed by atoms with Crippen molar-refractivity contribution in [2.45, 2.75) is 6.54 Å². The topological polar surface area (TPSA) is 71.2 Å². The van der Waals surface area contributed by atoms with Gasteiger partial charge in [0.1, 0.15) is 11.5 Å². The molecule has 0 fully saturated rings. The molecule has 110 valence electrons. The summed E-state index contributed by atoms with van der Waals surface area (Å²) in [6.45, 7) is -0.388. The lowest BCUT2D eigenvalue weighted by Crippen LogP contribution is -2.28. The fraction of sp³-hybridized carbons (Fsp3) is 0.143. The largest absolute Gasteiger partial charge is 0.451 e. The highest BCUT2D eigenvalue weighted by molar-refractivity contribution is 9.10. The Bertz CT molecular complexity index is 657. The summed E-state index contributed by atoms with van der Waals surface area (Å²) in [5.74, 6) is -1.54. The predicted octanol–water partition coefficient (Wildman–Crippen LogP) is 2.39. The van der Waals surface area contributed by atoms with Crippen LogP contribution in [0.5, 0.6) is 0 Å². The maximum Gasteiger partial charge on any atom is 0.355 e. The van der Waals surface area contributed by atoms with E-state index >= 15 is 0 Å². The van der Waals surface area contributed by atoms with Crippen molar-refractivity contribution in [2.75, 3.05) is 6.61 Å². The normalized spacial score (nSPS) is 10.2. The van der Waals surface area contributed by atoms with E-state index < -0.39 is 24.3 Å². The second-order valence-corrected chi connectivity index (χ2v) is 5.09. The fourth-order valence-electron chi connectivity index (χ4n) is 1.58. The van der Waals surface area contributed by atoms with Crippen LogP contribution in [0.1, 0.15) is 16.1 Å². The molecule has 0 bridgehead atoms. The zero-order valence-electron chi connectivity index (χ0n) is 10.9. The van der Waals surface area contributed by atoms with Crippen LogP contribution in [-0.4, -0.2) is 23.5 Å². The van der Waals surface area contributed by atoms with Gasteiger partial charge in [-0.3, -0.25) is 4.79 Å². The summed E-state index contributed by atoms with van der Waals surface area (Å²) in [6, 6.07) is 7.66. The maximum absolute atomic E-state index is 13.3. The number of esters is 1. The SMILES string of the molecule is O=C(COC(=O)c1cc(Br)c[nH]1)NCc1ccccc1F. The lowest BCUT2D eigenvalue weighted by molar-refractivity contribution is -0.124. The van der Waals surface area contributed by atoms with Crippen molar-refractivity contribution < 1.29 is 18.7 Å². The summed E-state index contributed by atoms with van der Waals surface area (Å²) in [4.78, 5) is 25.8. The van der Waals surface area contributed by atoms with Crippen LogP contribution in [0.15, 0.2) is 41.0 Å². The molecule has 2 aromatic rings. The quantitative estimate of drug-likeness (QED) is 0.809. The molecule has 0 aliphatic carbocycles. The first-order valence-electron chi connectivity index (χ1n) is 6.07. The maximum atomic E-state index is 13.3. The van der Waals surface area contributed by atoms with Crippen LogP contribution >= 0.6 is 15.9 Å². The number of hydrogen-bond acceptors (Lipinski definition) is 3. The van der Waals surface area contributed by atoms with Gasteiger partial charge < -0.3 is 15.0 Å². The van der Waals surface area contributed by atoms with E-state index in [1.165, 1.54) is 6.07 Å². The Morgan fingerprint density at radius 1 is 1.33 bits per heavy atom. The second-order valence-electron chi connectivity index (χ2n) is 4.18. The molecule has 0 radical (unpaired) electrons. The van der Waals surface area contributed by atoms with Gasteiger partial charge in [0, 0.05) is 22.8 Å². The summed E-state index contributed by atoms with van der Waals surface area (Å²) < 4.78 is 18.9. The highest BCUT2D eigenvalue weighted by Crippen LogP contribution is 2.11. The molecule has 5 nitrogen and oxygen atoms in total. The second kappa shape index (κ2) is 7.03. The first kappa shape index (κ1) is 15.2. The van der Waals surface area contributed by atoms with Crippen molar-refractivity contribution in [1.82, 2.24) is 10.3 Å². The molecule has 7 heteroatoms.